The van der Waals surface area contributed by atoms with Gasteiger partial charge in [-0.1, -0.05) is 314 Å². The van der Waals surface area contributed by atoms with Crippen LogP contribution in [-0.2, 0) is 4.79 Å². The van der Waals surface area contributed by atoms with Crippen molar-refractivity contribution in [1.29, 1.82) is 0 Å². The minimum absolute atomic E-state index is 0.0106. The van der Waals surface area contributed by atoms with E-state index >= 15 is 0 Å². The van der Waals surface area contributed by atoms with E-state index in [0.717, 1.165) is 32.1 Å². The van der Waals surface area contributed by atoms with Gasteiger partial charge in [0.05, 0.1) is 31.3 Å². The highest BCUT2D eigenvalue weighted by Gasteiger charge is 2.20. The molecule has 386 valence electrons. The molecule has 0 aromatic carbocycles. The first kappa shape index (κ1) is 63.8. The van der Waals surface area contributed by atoms with Gasteiger partial charge in [0.2, 0.25) is 5.91 Å². The van der Waals surface area contributed by atoms with Crippen LogP contribution in [0.15, 0.2) is 24.3 Å². The quantitative estimate of drug-likeness (QED) is 0.0361. The van der Waals surface area contributed by atoms with Crippen LogP contribution in [0.4, 0.5) is 0 Å². The second kappa shape index (κ2) is 55.4. The molecule has 5 nitrogen and oxygen atoms in total. The minimum Gasteiger partial charge on any atom is -0.394 e. The molecular weight excluding hydrogens is 799 g/mol. The Morgan fingerprint density at radius 2 is 0.662 bits per heavy atom. The molecule has 0 spiro atoms. The van der Waals surface area contributed by atoms with E-state index in [-0.39, 0.29) is 18.9 Å². The number of nitrogens with one attached hydrogen (secondary N) is 1. The molecule has 0 fully saturated rings. The highest BCUT2D eigenvalue weighted by Crippen LogP contribution is 2.18. The summed E-state index contributed by atoms with van der Waals surface area (Å²) in [5.74, 6) is -0.318. The molecule has 5 heteroatoms. The van der Waals surface area contributed by atoms with Gasteiger partial charge >= 0.3 is 0 Å². The Hall–Kier alpha value is -1.17. The van der Waals surface area contributed by atoms with Crippen molar-refractivity contribution in [2.45, 2.75) is 347 Å². The smallest absolute Gasteiger partial charge is 0.222 e. The molecule has 0 aliphatic carbocycles. The highest BCUT2D eigenvalue weighted by molar-refractivity contribution is 5.76. The van der Waals surface area contributed by atoms with Crippen molar-refractivity contribution in [2.75, 3.05) is 6.61 Å². The zero-order chi connectivity index (χ0) is 47.2. The Morgan fingerprint density at radius 3 is 0.985 bits per heavy atom. The largest absolute Gasteiger partial charge is 0.394 e. The molecule has 0 aliphatic rings. The predicted octanol–water partition coefficient (Wildman–Crippen LogP) is 18.5. The van der Waals surface area contributed by atoms with Crippen LogP contribution in [0.5, 0.6) is 0 Å². The summed E-state index contributed by atoms with van der Waals surface area (Å²) >= 11 is 0. The van der Waals surface area contributed by atoms with Crippen molar-refractivity contribution in [1.82, 2.24) is 5.32 Å². The lowest BCUT2D eigenvalue weighted by Crippen LogP contribution is -2.45. The maximum atomic E-state index is 12.5. The summed E-state index contributed by atoms with van der Waals surface area (Å²) in [6.07, 6.45) is 71.0. The monoisotopic (exact) mass is 916 g/mol. The first-order chi connectivity index (χ1) is 32.0. The van der Waals surface area contributed by atoms with Gasteiger partial charge in [0, 0.05) is 0 Å². The second-order valence-electron chi connectivity index (χ2n) is 20.6. The predicted molar refractivity (Wildman–Crippen MR) is 287 cm³/mol. The van der Waals surface area contributed by atoms with Crippen LogP contribution in [-0.4, -0.2) is 46.1 Å². The van der Waals surface area contributed by atoms with Crippen LogP contribution < -0.4 is 5.32 Å². The standard InChI is InChI=1S/C60H117NO4/c1-3-5-7-9-11-13-15-17-19-21-23-25-27-28-29-30-31-32-33-35-37-39-41-43-45-47-49-51-53-57(63)55-60(65)61-58(56-62)59(64)54-52-50-48-46-44-42-40-38-36-34-26-24-22-20-18-16-14-12-10-8-6-4-2/h44,46,52,54,57-59,62-64H,3-43,45,47-51,53,55-56H2,1-2H3,(H,61,65)/b46-44+,54-52+. The number of aliphatic hydroxyl groups excluding tert-OH is 3. The van der Waals surface area contributed by atoms with Crippen molar-refractivity contribution >= 4 is 5.91 Å². The van der Waals surface area contributed by atoms with E-state index in [1.54, 1.807) is 6.08 Å². The SMILES string of the molecule is CCCCCCCCCCCCCCCCCC/C=C/CC/C=C/C(O)C(CO)NC(=O)CC(O)CCCCCCCCCCCCCCCCCCCCCCCCCCCCCC. The van der Waals surface area contributed by atoms with E-state index in [0.29, 0.717) is 6.42 Å². The number of amides is 1. The van der Waals surface area contributed by atoms with E-state index in [9.17, 15) is 20.1 Å². The second-order valence-corrected chi connectivity index (χ2v) is 20.6. The Labute approximate surface area is 407 Å². The van der Waals surface area contributed by atoms with Crippen molar-refractivity contribution in [3.05, 3.63) is 24.3 Å². The first-order valence-electron chi connectivity index (χ1n) is 29.6. The summed E-state index contributed by atoms with van der Waals surface area (Å²) in [6.45, 7) is 4.25. The van der Waals surface area contributed by atoms with E-state index in [1.165, 1.54) is 270 Å². The summed E-state index contributed by atoms with van der Waals surface area (Å²) in [6, 6.07) is -0.759. The fourth-order valence-corrected chi connectivity index (χ4v) is 9.48. The van der Waals surface area contributed by atoms with Crippen molar-refractivity contribution in [2.24, 2.45) is 0 Å². The van der Waals surface area contributed by atoms with Gasteiger partial charge in [0.25, 0.3) is 0 Å². The Morgan fingerprint density at radius 1 is 0.385 bits per heavy atom. The maximum absolute atomic E-state index is 12.5. The van der Waals surface area contributed by atoms with Crippen LogP contribution in [0.3, 0.4) is 0 Å². The molecule has 0 saturated carbocycles. The van der Waals surface area contributed by atoms with Gasteiger partial charge in [-0.2, -0.15) is 0 Å². The van der Waals surface area contributed by atoms with Crippen LogP contribution in [0, 0.1) is 0 Å². The molecular formula is C60H117NO4. The third kappa shape index (κ3) is 52.1. The molecule has 0 bridgehead atoms. The van der Waals surface area contributed by atoms with E-state index in [2.05, 4.69) is 31.3 Å². The van der Waals surface area contributed by atoms with Crippen LogP contribution in [0.2, 0.25) is 0 Å². The van der Waals surface area contributed by atoms with E-state index in [1.807, 2.05) is 6.08 Å². The van der Waals surface area contributed by atoms with Gasteiger partial charge in [-0.05, 0) is 32.1 Å². The van der Waals surface area contributed by atoms with Crippen molar-refractivity contribution < 1.29 is 20.1 Å². The van der Waals surface area contributed by atoms with Crippen molar-refractivity contribution in [3.63, 3.8) is 0 Å². The molecule has 0 aromatic rings. The molecule has 65 heavy (non-hydrogen) atoms. The normalized spacial score (nSPS) is 13.4. The fourth-order valence-electron chi connectivity index (χ4n) is 9.48. The number of rotatable bonds is 55. The zero-order valence-corrected chi connectivity index (χ0v) is 44.1. The topological polar surface area (TPSA) is 89.8 Å². The number of aliphatic hydroxyl groups is 3. The van der Waals surface area contributed by atoms with Gasteiger partial charge in [-0.3, -0.25) is 4.79 Å². The number of hydrogen-bond donors (Lipinski definition) is 4. The zero-order valence-electron chi connectivity index (χ0n) is 44.1. The third-order valence-electron chi connectivity index (χ3n) is 14.0. The van der Waals surface area contributed by atoms with Gasteiger partial charge in [-0.15, -0.1) is 0 Å². The summed E-state index contributed by atoms with van der Waals surface area (Å²) in [5, 5.41) is 33.5. The number of allylic oxidation sites excluding steroid dienone is 3. The highest BCUT2D eigenvalue weighted by atomic mass is 16.3. The molecule has 0 radical (unpaired) electrons. The molecule has 0 aromatic heterocycles. The lowest BCUT2D eigenvalue weighted by molar-refractivity contribution is -0.124. The van der Waals surface area contributed by atoms with Gasteiger partial charge < -0.3 is 20.6 Å². The average Bonchev–Trinajstić information content (AvgIpc) is 3.30. The van der Waals surface area contributed by atoms with Crippen LogP contribution >= 0.6 is 0 Å². The number of carbonyl (C=O) groups is 1. The summed E-state index contributed by atoms with van der Waals surface area (Å²) in [5.41, 5.74) is 0. The van der Waals surface area contributed by atoms with Crippen LogP contribution in [0.1, 0.15) is 328 Å². The lowest BCUT2D eigenvalue weighted by Gasteiger charge is -2.21. The minimum atomic E-state index is -0.950. The molecule has 4 N–H and O–H groups in total. The number of carbonyl (C=O) groups excluding carboxylic acids is 1. The maximum Gasteiger partial charge on any atom is 0.222 e. The molecule has 0 rings (SSSR count). The fraction of sp³-hybridized carbons (Fsp3) is 0.917. The summed E-state index contributed by atoms with van der Waals surface area (Å²) in [4.78, 5) is 12.5. The molecule has 0 saturated heterocycles. The molecule has 3 atom stereocenters. The van der Waals surface area contributed by atoms with Crippen LogP contribution in [0.25, 0.3) is 0 Å². The molecule has 1 amide bonds. The number of hydrogen-bond acceptors (Lipinski definition) is 4. The van der Waals surface area contributed by atoms with E-state index in [4.69, 9.17) is 0 Å². The van der Waals surface area contributed by atoms with Crippen molar-refractivity contribution in [3.8, 4) is 0 Å². The van der Waals surface area contributed by atoms with Gasteiger partial charge in [0.15, 0.2) is 0 Å². The van der Waals surface area contributed by atoms with E-state index < -0.39 is 18.2 Å². The van der Waals surface area contributed by atoms with Gasteiger partial charge in [-0.25, -0.2) is 0 Å². The molecule has 0 heterocycles. The molecule has 3 unspecified atom stereocenters. The average molecular weight is 917 g/mol. The van der Waals surface area contributed by atoms with Gasteiger partial charge in [0.1, 0.15) is 0 Å². The Bertz CT molecular complexity index is 967. The Kier molecular flexibility index (Phi) is 54.4. The lowest BCUT2D eigenvalue weighted by atomic mass is 10.0. The summed E-state index contributed by atoms with van der Waals surface area (Å²) < 4.78 is 0. The summed E-state index contributed by atoms with van der Waals surface area (Å²) in [7, 11) is 0. The Balaban J connectivity index is 3.54. The first-order valence-corrected chi connectivity index (χ1v) is 29.6. The number of unbranched alkanes of at least 4 members (excludes halogenated alkanes) is 44. The molecule has 0 aliphatic heterocycles. The third-order valence-corrected chi connectivity index (χ3v) is 14.0.